The lowest BCUT2D eigenvalue weighted by molar-refractivity contribution is -0.384. The third-order valence-corrected chi connectivity index (χ3v) is 2.97. The summed E-state index contributed by atoms with van der Waals surface area (Å²) in [7, 11) is 0. The average Bonchev–Trinajstić information content (AvgIpc) is 2.47. The van der Waals surface area contributed by atoms with E-state index >= 15 is 0 Å². The van der Waals surface area contributed by atoms with Gasteiger partial charge in [0, 0.05) is 17.7 Å². The number of non-ortho nitro benzene ring substituents is 1. The molecule has 0 atom stereocenters. The van der Waals surface area contributed by atoms with E-state index in [1.54, 1.807) is 25.1 Å². The molecule has 0 aromatic heterocycles. The van der Waals surface area contributed by atoms with Crippen LogP contribution in [0, 0.1) is 17.0 Å². The van der Waals surface area contributed by atoms with Gasteiger partial charge in [-0.05, 0) is 38.1 Å². The van der Waals surface area contributed by atoms with Gasteiger partial charge < -0.3 is 5.11 Å². The summed E-state index contributed by atoms with van der Waals surface area (Å²) in [4.78, 5) is 10.1. The standard InChI is InChI=1S/C15H15N3O3/c1-10-3-8-15(19)14(9-10)11(2)16-17-12-4-6-13(7-5-12)18(20)21/h3-9,17,19H,1-2H3. The monoisotopic (exact) mass is 285 g/mol. The highest BCUT2D eigenvalue weighted by molar-refractivity contribution is 6.01. The number of phenols is 1. The Morgan fingerprint density at radius 3 is 2.52 bits per heavy atom. The average molecular weight is 285 g/mol. The zero-order chi connectivity index (χ0) is 15.4. The van der Waals surface area contributed by atoms with Crippen LogP contribution < -0.4 is 5.43 Å². The molecule has 6 nitrogen and oxygen atoms in total. The molecule has 0 aliphatic carbocycles. The lowest BCUT2D eigenvalue weighted by atomic mass is 10.1. The van der Waals surface area contributed by atoms with E-state index < -0.39 is 4.92 Å². The first kappa shape index (κ1) is 14.5. The molecule has 2 N–H and O–H groups in total. The first-order valence-corrected chi connectivity index (χ1v) is 6.32. The van der Waals surface area contributed by atoms with Gasteiger partial charge in [0.1, 0.15) is 5.75 Å². The summed E-state index contributed by atoms with van der Waals surface area (Å²) in [5, 5.41) is 24.6. The van der Waals surface area contributed by atoms with Gasteiger partial charge >= 0.3 is 0 Å². The van der Waals surface area contributed by atoms with Crippen molar-refractivity contribution in [2.24, 2.45) is 5.10 Å². The van der Waals surface area contributed by atoms with Gasteiger partial charge in [-0.3, -0.25) is 15.5 Å². The molecule has 108 valence electrons. The Morgan fingerprint density at radius 2 is 1.90 bits per heavy atom. The highest BCUT2D eigenvalue weighted by Crippen LogP contribution is 2.20. The van der Waals surface area contributed by atoms with Crippen LogP contribution in [0.15, 0.2) is 47.6 Å². The van der Waals surface area contributed by atoms with Crippen LogP contribution in [-0.4, -0.2) is 15.7 Å². The van der Waals surface area contributed by atoms with Crippen molar-refractivity contribution in [3.8, 4) is 5.75 Å². The molecule has 0 unspecified atom stereocenters. The Hall–Kier alpha value is -2.89. The van der Waals surface area contributed by atoms with E-state index in [9.17, 15) is 15.2 Å². The van der Waals surface area contributed by atoms with Crippen molar-refractivity contribution in [1.29, 1.82) is 0 Å². The summed E-state index contributed by atoms with van der Waals surface area (Å²) in [6.07, 6.45) is 0. The summed E-state index contributed by atoms with van der Waals surface area (Å²) in [6, 6.07) is 11.2. The third-order valence-electron chi connectivity index (χ3n) is 2.97. The predicted octanol–water partition coefficient (Wildman–Crippen LogP) is 3.44. The number of aryl methyl sites for hydroxylation is 1. The summed E-state index contributed by atoms with van der Waals surface area (Å²) in [5.74, 6) is 0.160. The first-order valence-electron chi connectivity index (χ1n) is 6.32. The minimum Gasteiger partial charge on any atom is -0.507 e. The van der Waals surface area contributed by atoms with Crippen LogP contribution in [0.25, 0.3) is 0 Å². The molecule has 2 aromatic rings. The number of nitrogens with one attached hydrogen (secondary N) is 1. The van der Waals surface area contributed by atoms with Crippen LogP contribution in [0.2, 0.25) is 0 Å². The lowest BCUT2D eigenvalue weighted by Crippen LogP contribution is -2.00. The quantitative estimate of drug-likeness (QED) is 0.511. The van der Waals surface area contributed by atoms with E-state index in [2.05, 4.69) is 10.5 Å². The lowest BCUT2D eigenvalue weighted by Gasteiger charge is -2.06. The summed E-state index contributed by atoms with van der Waals surface area (Å²) in [6.45, 7) is 3.70. The Balaban J connectivity index is 2.16. The van der Waals surface area contributed by atoms with Crippen LogP contribution in [0.5, 0.6) is 5.75 Å². The molecule has 2 rings (SSSR count). The van der Waals surface area contributed by atoms with Gasteiger partial charge in [0.15, 0.2) is 0 Å². The topological polar surface area (TPSA) is 87.8 Å². The molecule has 0 heterocycles. The number of hydrogen-bond donors (Lipinski definition) is 2. The van der Waals surface area contributed by atoms with Crippen molar-refractivity contribution in [2.75, 3.05) is 5.43 Å². The smallest absolute Gasteiger partial charge is 0.269 e. The van der Waals surface area contributed by atoms with Crippen molar-refractivity contribution in [3.63, 3.8) is 0 Å². The molecule has 0 fully saturated rings. The summed E-state index contributed by atoms with van der Waals surface area (Å²) in [5.41, 5.74) is 5.75. The summed E-state index contributed by atoms with van der Waals surface area (Å²) < 4.78 is 0. The highest BCUT2D eigenvalue weighted by atomic mass is 16.6. The second-order valence-corrected chi connectivity index (χ2v) is 4.63. The number of aromatic hydroxyl groups is 1. The zero-order valence-electron chi connectivity index (χ0n) is 11.7. The number of anilines is 1. The van der Waals surface area contributed by atoms with Crippen LogP contribution >= 0.6 is 0 Å². The Bertz CT molecular complexity index is 694. The Morgan fingerprint density at radius 1 is 1.24 bits per heavy atom. The van der Waals surface area contributed by atoms with Gasteiger partial charge in [-0.2, -0.15) is 5.10 Å². The molecule has 0 spiro atoms. The predicted molar refractivity (Wildman–Crippen MR) is 81.8 cm³/mol. The fourth-order valence-electron chi connectivity index (χ4n) is 1.81. The molecule has 0 aliphatic rings. The molecule has 0 amide bonds. The maximum absolute atomic E-state index is 10.6. The Kier molecular flexibility index (Phi) is 4.18. The molecule has 21 heavy (non-hydrogen) atoms. The number of nitro benzene ring substituents is 1. The van der Waals surface area contributed by atoms with Gasteiger partial charge in [-0.25, -0.2) is 0 Å². The molecule has 0 saturated heterocycles. The first-order chi connectivity index (χ1) is 9.97. The van der Waals surface area contributed by atoms with Gasteiger partial charge in [0.2, 0.25) is 0 Å². The van der Waals surface area contributed by atoms with E-state index in [4.69, 9.17) is 0 Å². The van der Waals surface area contributed by atoms with Gasteiger partial charge in [-0.1, -0.05) is 11.6 Å². The molecule has 0 bridgehead atoms. The third kappa shape index (κ3) is 3.56. The van der Waals surface area contributed by atoms with E-state index in [-0.39, 0.29) is 11.4 Å². The van der Waals surface area contributed by atoms with E-state index in [0.29, 0.717) is 17.0 Å². The second kappa shape index (κ2) is 6.04. The molecular weight excluding hydrogens is 270 g/mol. The fourth-order valence-corrected chi connectivity index (χ4v) is 1.81. The largest absolute Gasteiger partial charge is 0.507 e. The molecule has 6 heteroatoms. The fraction of sp³-hybridized carbons (Fsp3) is 0.133. The van der Waals surface area contributed by atoms with Crippen molar-refractivity contribution < 1.29 is 10.0 Å². The second-order valence-electron chi connectivity index (χ2n) is 4.63. The number of nitrogens with zero attached hydrogens (tertiary/aromatic N) is 2. The van der Waals surface area contributed by atoms with E-state index in [1.807, 2.05) is 19.1 Å². The highest BCUT2D eigenvalue weighted by Gasteiger charge is 2.06. The van der Waals surface area contributed by atoms with Gasteiger partial charge in [-0.15, -0.1) is 0 Å². The van der Waals surface area contributed by atoms with Crippen LogP contribution in [0.4, 0.5) is 11.4 Å². The summed E-state index contributed by atoms with van der Waals surface area (Å²) >= 11 is 0. The molecule has 0 saturated carbocycles. The normalized spacial score (nSPS) is 11.2. The maximum Gasteiger partial charge on any atom is 0.269 e. The van der Waals surface area contributed by atoms with Crippen LogP contribution in [-0.2, 0) is 0 Å². The van der Waals surface area contributed by atoms with Gasteiger partial charge in [0.05, 0.1) is 16.3 Å². The number of phenolic OH excluding ortho intramolecular Hbond substituents is 1. The molecule has 2 aromatic carbocycles. The van der Waals surface area contributed by atoms with Crippen molar-refractivity contribution in [3.05, 3.63) is 63.7 Å². The number of benzene rings is 2. The van der Waals surface area contributed by atoms with E-state index in [0.717, 1.165) is 5.56 Å². The number of rotatable bonds is 4. The number of hydrogen-bond acceptors (Lipinski definition) is 5. The maximum atomic E-state index is 10.6. The van der Waals surface area contributed by atoms with Crippen molar-refractivity contribution >= 4 is 17.1 Å². The van der Waals surface area contributed by atoms with Crippen LogP contribution in [0.3, 0.4) is 0 Å². The minimum atomic E-state index is -0.455. The molecule has 0 radical (unpaired) electrons. The van der Waals surface area contributed by atoms with Gasteiger partial charge in [0.25, 0.3) is 5.69 Å². The van der Waals surface area contributed by atoms with E-state index in [1.165, 1.54) is 12.1 Å². The molecule has 0 aliphatic heterocycles. The van der Waals surface area contributed by atoms with Crippen molar-refractivity contribution in [1.82, 2.24) is 0 Å². The number of nitro groups is 1. The van der Waals surface area contributed by atoms with Crippen molar-refractivity contribution in [2.45, 2.75) is 13.8 Å². The Labute approximate surface area is 121 Å². The molecular formula is C15H15N3O3. The minimum absolute atomic E-state index is 0.0255. The number of hydrazone groups is 1. The van der Waals surface area contributed by atoms with Crippen LogP contribution in [0.1, 0.15) is 18.1 Å². The SMILES string of the molecule is CC(=NNc1ccc([N+](=O)[O-])cc1)c1cc(C)ccc1O. The zero-order valence-corrected chi connectivity index (χ0v) is 11.7.